The van der Waals surface area contributed by atoms with Crippen molar-refractivity contribution in [1.82, 2.24) is 4.98 Å². The lowest BCUT2D eigenvalue weighted by Gasteiger charge is -2.34. The van der Waals surface area contributed by atoms with E-state index in [1.165, 1.54) is 0 Å². The van der Waals surface area contributed by atoms with Crippen LogP contribution in [0.15, 0.2) is 18.2 Å². The first-order valence-corrected chi connectivity index (χ1v) is 8.14. The monoisotopic (exact) mass is 318 g/mol. The van der Waals surface area contributed by atoms with Gasteiger partial charge in [-0.3, -0.25) is 9.69 Å². The first kappa shape index (κ1) is 15.8. The number of rotatable bonds is 3. The summed E-state index contributed by atoms with van der Waals surface area (Å²) < 4.78 is 10.8. The van der Waals surface area contributed by atoms with Gasteiger partial charge < -0.3 is 9.47 Å². The van der Waals surface area contributed by atoms with Crippen molar-refractivity contribution < 1.29 is 19.1 Å². The van der Waals surface area contributed by atoms with Gasteiger partial charge in [0, 0.05) is 5.69 Å². The van der Waals surface area contributed by atoms with Crippen LogP contribution in [0.1, 0.15) is 38.3 Å². The molecule has 0 unspecified atom stereocenters. The number of aromatic nitrogens is 1. The fraction of sp³-hybridized carbons (Fsp3) is 0.588. The standard InChI is InChI=1S/C17H22N2O4/c1-3-22-15(20)13-7-9-17(10-8-13)11-19(16(21)23-17)14-6-4-5-12(2)18-14/h4-6,13H,3,7-11H2,1-2H3. The molecule has 0 radical (unpaired) electrons. The summed E-state index contributed by atoms with van der Waals surface area (Å²) in [4.78, 5) is 30.1. The van der Waals surface area contributed by atoms with Gasteiger partial charge in [0.25, 0.3) is 0 Å². The molecule has 6 nitrogen and oxygen atoms in total. The Morgan fingerprint density at radius 3 is 2.83 bits per heavy atom. The number of nitrogens with zero attached hydrogens (tertiary/aromatic N) is 2. The van der Waals surface area contributed by atoms with Crippen molar-refractivity contribution in [2.75, 3.05) is 18.1 Å². The number of ether oxygens (including phenoxy) is 2. The summed E-state index contributed by atoms with van der Waals surface area (Å²) in [6, 6.07) is 5.59. The van der Waals surface area contributed by atoms with E-state index in [1.54, 1.807) is 4.90 Å². The van der Waals surface area contributed by atoms with E-state index in [9.17, 15) is 9.59 Å². The summed E-state index contributed by atoms with van der Waals surface area (Å²) >= 11 is 0. The Morgan fingerprint density at radius 2 is 2.17 bits per heavy atom. The molecular weight excluding hydrogens is 296 g/mol. The predicted molar refractivity (Wildman–Crippen MR) is 84.1 cm³/mol. The maximum atomic E-state index is 12.2. The molecule has 3 rings (SSSR count). The van der Waals surface area contributed by atoms with E-state index in [2.05, 4.69) is 4.98 Å². The molecule has 1 aliphatic carbocycles. The lowest BCUT2D eigenvalue weighted by Crippen LogP contribution is -2.40. The van der Waals surface area contributed by atoms with Crippen LogP contribution in [0.4, 0.5) is 10.6 Å². The summed E-state index contributed by atoms with van der Waals surface area (Å²) in [6.07, 6.45) is 2.41. The van der Waals surface area contributed by atoms with Crippen LogP contribution in [0.3, 0.4) is 0 Å². The molecule has 6 heteroatoms. The highest BCUT2D eigenvalue weighted by atomic mass is 16.6. The molecule has 0 aromatic carbocycles. The second-order valence-electron chi connectivity index (χ2n) is 6.30. The number of hydrogen-bond donors (Lipinski definition) is 0. The van der Waals surface area contributed by atoms with Crippen LogP contribution >= 0.6 is 0 Å². The van der Waals surface area contributed by atoms with Gasteiger partial charge in [-0.25, -0.2) is 9.78 Å². The average Bonchev–Trinajstić information content (AvgIpc) is 2.84. The number of hydrogen-bond acceptors (Lipinski definition) is 5. The zero-order valence-electron chi connectivity index (χ0n) is 13.6. The fourth-order valence-corrected chi connectivity index (χ4v) is 3.38. The second kappa shape index (κ2) is 6.18. The molecule has 2 fully saturated rings. The van der Waals surface area contributed by atoms with Crippen molar-refractivity contribution in [3.8, 4) is 0 Å². The van der Waals surface area contributed by atoms with Crippen LogP contribution in [0, 0.1) is 12.8 Å². The maximum Gasteiger partial charge on any atom is 0.416 e. The van der Waals surface area contributed by atoms with E-state index >= 15 is 0 Å². The molecule has 0 atom stereocenters. The Labute approximate surface area is 135 Å². The first-order valence-electron chi connectivity index (χ1n) is 8.14. The van der Waals surface area contributed by atoms with E-state index < -0.39 is 5.60 Å². The quantitative estimate of drug-likeness (QED) is 0.802. The highest BCUT2D eigenvalue weighted by Crippen LogP contribution is 2.40. The van der Waals surface area contributed by atoms with Gasteiger partial charge in [0.2, 0.25) is 0 Å². The lowest BCUT2D eigenvalue weighted by molar-refractivity contribution is -0.150. The normalized spacial score (nSPS) is 27.1. The molecule has 1 spiro atoms. The lowest BCUT2D eigenvalue weighted by atomic mass is 9.79. The van der Waals surface area contributed by atoms with Crippen molar-refractivity contribution in [2.24, 2.45) is 5.92 Å². The van der Waals surface area contributed by atoms with Gasteiger partial charge >= 0.3 is 12.1 Å². The Hall–Kier alpha value is -2.11. The number of carbonyl (C=O) groups excluding carboxylic acids is 2. The molecule has 2 aliphatic rings. The van der Waals surface area contributed by atoms with Crippen LogP contribution in [-0.2, 0) is 14.3 Å². The Balaban J connectivity index is 1.67. The van der Waals surface area contributed by atoms with Gasteiger partial charge in [0.1, 0.15) is 11.4 Å². The topological polar surface area (TPSA) is 68.7 Å². The highest BCUT2D eigenvalue weighted by Gasteiger charge is 2.49. The van der Waals surface area contributed by atoms with E-state index in [1.807, 2.05) is 32.0 Å². The average molecular weight is 318 g/mol. The van der Waals surface area contributed by atoms with Gasteiger partial charge in [-0.2, -0.15) is 0 Å². The van der Waals surface area contributed by atoms with Crippen LogP contribution < -0.4 is 4.90 Å². The number of aryl methyl sites for hydroxylation is 1. The molecule has 1 saturated carbocycles. The number of carbonyl (C=O) groups is 2. The molecule has 1 aromatic heterocycles. The zero-order valence-corrected chi connectivity index (χ0v) is 13.6. The third kappa shape index (κ3) is 3.16. The van der Waals surface area contributed by atoms with E-state index in [-0.39, 0.29) is 18.0 Å². The Kier molecular flexibility index (Phi) is 4.24. The number of esters is 1. The minimum Gasteiger partial charge on any atom is -0.466 e. The Bertz CT molecular complexity index is 608. The molecule has 0 bridgehead atoms. The summed E-state index contributed by atoms with van der Waals surface area (Å²) in [5.74, 6) is 0.411. The van der Waals surface area contributed by atoms with Crippen LogP contribution in [0.2, 0.25) is 0 Å². The van der Waals surface area contributed by atoms with Crippen LogP contribution in [-0.4, -0.2) is 35.8 Å². The minimum atomic E-state index is -0.495. The smallest absolute Gasteiger partial charge is 0.416 e. The van der Waals surface area contributed by atoms with Crippen molar-refractivity contribution in [3.05, 3.63) is 23.9 Å². The van der Waals surface area contributed by atoms with Gasteiger partial charge in [-0.05, 0) is 51.7 Å². The van der Waals surface area contributed by atoms with Gasteiger partial charge in [0.15, 0.2) is 0 Å². The largest absolute Gasteiger partial charge is 0.466 e. The third-order valence-electron chi connectivity index (χ3n) is 4.64. The molecular formula is C17H22N2O4. The number of anilines is 1. The Morgan fingerprint density at radius 1 is 1.43 bits per heavy atom. The van der Waals surface area contributed by atoms with Gasteiger partial charge in [0.05, 0.1) is 19.1 Å². The van der Waals surface area contributed by atoms with Crippen molar-refractivity contribution in [1.29, 1.82) is 0 Å². The molecule has 2 heterocycles. The predicted octanol–water partition coefficient (Wildman–Crippen LogP) is 2.84. The zero-order chi connectivity index (χ0) is 16.4. The van der Waals surface area contributed by atoms with Crippen LogP contribution in [0.5, 0.6) is 0 Å². The van der Waals surface area contributed by atoms with Crippen molar-refractivity contribution in [2.45, 2.75) is 45.1 Å². The highest BCUT2D eigenvalue weighted by molar-refractivity contribution is 5.89. The molecule has 1 saturated heterocycles. The van der Waals surface area contributed by atoms with Crippen LogP contribution in [0.25, 0.3) is 0 Å². The first-order chi connectivity index (χ1) is 11.0. The third-order valence-corrected chi connectivity index (χ3v) is 4.64. The van der Waals surface area contributed by atoms with Crippen molar-refractivity contribution in [3.63, 3.8) is 0 Å². The van der Waals surface area contributed by atoms with Gasteiger partial charge in [-0.15, -0.1) is 0 Å². The van der Waals surface area contributed by atoms with E-state index in [4.69, 9.17) is 9.47 Å². The molecule has 1 amide bonds. The summed E-state index contributed by atoms with van der Waals surface area (Å²) in [7, 11) is 0. The van der Waals surface area contributed by atoms with E-state index in [0.29, 0.717) is 44.7 Å². The summed E-state index contributed by atoms with van der Waals surface area (Å²) in [6.45, 7) is 4.61. The number of pyridine rings is 1. The fourth-order valence-electron chi connectivity index (χ4n) is 3.38. The minimum absolute atomic E-state index is 0.0783. The molecule has 0 N–H and O–H groups in total. The molecule has 23 heavy (non-hydrogen) atoms. The van der Waals surface area contributed by atoms with E-state index in [0.717, 1.165) is 5.69 Å². The second-order valence-corrected chi connectivity index (χ2v) is 6.30. The molecule has 124 valence electrons. The summed E-state index contributed by atoms with van der Waals surface area (Å²) in [5, 5.41) is 0. The summed E-state index contributed by atoms with van der Waals surface area (Å²) in [5.41, 5.74) is 0.369. The van der Waals surface area contributed by atoms with Gasteiger partial charge in [-0.1, -0.05) is 6.07 Å². The molecule has 1 aromatic rings. The SMILES string of the molecule is CCOC(=O)C1CCC2(CC1)CN(c1cccc(C)n1)C(=O)O2. The maximum absolute atomic E-state index is 12.2. The van der Waals surface area contributed by atoms with Crippen molar-refractivity contribution >= 4 is 17.9 Å². The molecule has 1 aliphatic heterocycles. The number of amides is 1.